The predicted molar refractivity (Wildman–Crippen MR) is 69.1 cm³/mol. The van der Waals surface area contributed by atoms with Gasteiger partial charge in [-0.25, -0.2) is 0 Å². The van der Waals surface area contributed by atoms with Gasteiger partial charge in [-0.15, -0.1) is 11.3 Å². The van der Waals surface area contributed by atoms with Crippen LogP contribution in [0.5, 0.6) is 0 Å². The Balaban J connectivity index is 2.36. The van der Waals surface area contributed by atoms with Crippen molar-refractivity contribution in [3.63, 3.8) is 0 Å². The summed E-state index contributed by atoms with van der Waals surface area (Å²) in [5.41, 5.74) is 1.08. The first-order chi connectivity index (χ1) is 7.76. The van der Waals surface area contributed by atoms with Gasteiger partial charge in [0.05, 0.1) is 6.67 Å². The zero-order valence-electron chi connectivity index (χ0n) is 9.53. The molecule has 2 aromatic rings. The Morgan fingerprint density at radius 2 is 2.19 bits per heavy atom. The molecule has 0 aliphatic rings. The lowest BCUT2D eigenvalue weighted by molar-refractivity contribution is 0.372. The van der Waals surface area contributed by atoms with Crippen molar-refractivity contribution >= 4 is 21.4 Å². The Labute approximate surface area is 99.3 Å². The molecule has 2 atom stereocenters. The van der Waals surface area contributed by atoms with Crippen molar-refractivity contribution in [3.05, 3.63) is 35.2 Å². The van der Waals surface area contributed by atoms with Gasteiger partial charge < -0.3 is 5.32 Å². The van der Waals surface area contributed by atoms with Crippen LogP contribution >= 0.6 is 11.3 Å². The minimum Gasteiger partial charge on any atom is -0.317 e. The molecule has 2 rings (SSSR count). The third-order valence-electron chi connectivity index (χ3n) is 3.13. The fourth-order valence-electron chi connectivity index (χ4n) is 1.93. The number of likely N-dealkylation sites (N-methyl/N-ethyl adjacent to an activating group) is 1. The fraction of sp³-hybridized carbons (Fsp3) is 0.385. The largest absolute Gasteiger partial charge is 0.317 e. The van der Waals surface area contributed by atoms with Crippen molar-refractivity contribution in [1.82, 2.24) is 5.32 Å². The number of nitrogens with one attached hydrogen (secondary N) is 1. The fourth-order valence-corrected chi connectivity index (χ4v) is 2.70. The lowest BCUT2D eigenvalue weighted by atomic mass is 9.93. The maximum atomic E-state index is 13.1. The van der Waals surface area contributed by atoms with E-state index >= 15 is 0 Å². The van der Waals surface area contributed by atoms with E-state index in [1.807, 2.05) is 20.0 Å². The summed E-state index contributed by atoms with van der Waals surface area (Å²) in [4.78, 5) is 0. The summed E-state index contributed by atoms with van der Waals surface area (Å²) >= 11 is 1.72. The van der Waals surface area contributed by atoms with Crippen LogP contribution in [0, 0.1) is 0 Å². The molecule has 0 spiro atoms. The lowest BCUT2D eigenvalue weighted by Gasteiger charge is -2.21. The van der Waals surface area contributed by atoms with Crippen LogP contribution in [0.15, 0.2) is 29.6 Å². The van der Waals surface area contributed by atoms with Gasteiger partial charge in [0.2, 0.25) is 0 Å². The highest BCUT2D eigenvalue weighted by molar-refractivity contribution is 7.17. The quantitative estimate of drug-likeness (QED) is 0.857. The second-order valence-corrected chi connectivity index (χ2v) is 5.00. The second-order valence-electron chi connectivity index (χ2n) is 4.06. The molecule has 0 fully saturated rings. The molecule has 0 aliphatic heterocycles. The van der Waals surface area contributed by atoms with E-state index in [2.05, 4.69) is 28.9 Å². The molecular weight excluding hydrogens is 221 g/mol. The van der Waals surface area contributed by atoms with E-state index in [0.29, 0.717) is 0 Å². The number of hydrogen-bond acceptors (Lipinski definition) is 2. The van der Waals surface area contributed by atoms with Crippen LogP contribution in [0.1, 0.15) is 18.4 Å². The molecule has 0 bridgehead atoms. The Bertz CT molecular complexity index is 466. The van der Waals surface area contributed by atoms with Gasteiger partial charge in [0.15, 0.2) is 0 Å². The number of halogens is 1. The Hall–Kier alpha value is -0.930. The molecule has 0 saturated heterocycles. The topological polar surface area (TPSA) is 12.0 Å². The van der Waals surface area contributed by atoms with Gasteiger partial charge in [-0.2, -0.15) is 0 Å². The maximum Gasteiger partial charge on any atom is 0.0977 e. The minimum atomic E-state index is -0.322. The van der Waals surface area contributed by atoms with Crippen LogP contribution in [-0.4, -0.2) is 19.8 Å². The van der Waals surface area contributed by atoms with Crippen LogP contribution < -0.4 is 5.32 Å². The molecule has 3 heteroatoms. The third-order valence-corrected chi connectivity index (χ3v) is 4.03. The number of fused-ring (bicyclic) bond motifs is 1. The van der Waals surface area contributed by atoms with Gasteiger partial charge in [0.25, 0.3) is 0 Å². The highest BCUT2D eigenvalue weighted by Crippen LogP contribution is 2.27. The highest BCUT2D eigenvalue weighted by atomic mass is 32.1. The second kappa shape index (κ2) is 4.93. The molecule has 1 N–H and O–H groups in total. The molecule has 1 aromatic carbocycles. The highest BCUT2D eigenvalue weighted by Gasteiger charge is 2.18. The average molecular weight is 237 g/mol. The molecule has 0 saturated carbocycles. The lowest BCUT2D eigenvalue weighted by Crippen LogP contribution is -2.30. The van der Waals surface area contributed by atoms with Crippen LogP contribution in [0.25, 0.3) is 10.1 Å². The number of alkyl halides is 1. The normalized spacial score (nSPS) is 15.2. The van der Waals surface area contributed by atoms with Crippen molar-refractivity contribution in [2.24, 2.45) is 0 Å². The van der Waals surface area contributed by atoms with Gasteiger partial charge in [-0.1, -0.05) is 6.07 Å². The smallest absolute Gasteiger partial charge is 0.0977 e. The van der Waals surface area contributed by atoms with Crippen molar-refractivity contribution < 1.29 is 4.39 Å². The van der Waals surface area contributed by atoms with E-state index in [9.17, 15) is 4.39 Å². The van der Waals surface area contributed by atoms with E-state index in [4.69, 9.17) is 0 Å². The SMILES string of the molecule is CNC(C)C(CF)c1ccc2sccc2c1. The van der Waals surface area contributed by atoms with Crippen molar-refractivity contribution in [2.45, 2.75) is 18.9 Å². The number of benzene rings is 1. The molecular formula is C13H16FNS. The Morgan fingerprint density at radius 3 is 2.88 bits per heavy atom. The summed E-state index contributed by atoms with van der Waals surface area (Å²) in [7, 11) is 1.87. The Kier molecular flexibility index (Phi) is 3.56. The van der Waals surface area contributed by atoms with Crippen LogP contribution in [0.3, 0.4) is 0 Å². The molecule has 1 nitrogen and oxygen atoms in total. The molecule has 16 heavy (non-hydrogen) atoms. The van der Waals surface area contributed by atoms with Gasteiger partial charge in [-0.05, 0) is 48.5 Å². The zero-order valence-corrected chi connectivity index (χ0v) is 10.4. The molecule has 86 valence electrons. The van der Waals surface area contributed by atoms with Gasteiger partial charge in [0, 0.05) is 16.7 Å². The van der Waals surface area contributed by atoms with Crippen molar-refractivity contribution in [2.75, 3.05) is 13.7 Å². The van der Waals surface area contributed by atoms with E-state index in [1.165, 1.54) is 10.1 Å². The van der Waals surface area contributed by atoms with Crippen molar-refractivity contribution in [3.8, 4) is 0 Å². The Morgan fingerprint density at radius 1 is 1.38 bits per heavy atom. The molecule has 1 aromatic heterocycles. The first-order valence-electron chi connectivity index (χ1n) is 5.46. The molecule has 0 aliphatic carbocycles. The summed E-state index contributed by atoms with van der Waals surface area (Å²) in [6, 6.07) is 8.46. The first-order valence-corrected chi connectivity index (χ1v) is 6.34. The van der Waals surface area contributed by atoms with Crippen molar-refractivity contribution in [1.29, 1.82) is 0 Å². The summed E-state index contributed by atoms with van der Waals surface area (Å²) in [5.74, 6) is -0.0608. The van der Waals surface area contributed by atoms with Crippen LogP contribution in [0.4, 0.5) is 4.39 Å². The number of thiophene rings is 1. The summed E-state index contributed by atoms with van der Waals surface area (Å²) in [6.45, 7) is 1.69. The van der Waals surface area contributed by atoms with Gasteiger partial charge in [0.1, 0.15) is 0 Å². The first kappa shape index (κ1) is 11.6. The summed E-state index contributed by atoms with van der Waals surface area (Å²) < 4.78 is 14.3. The van der Waals surface area contributed by atoms with E-state index < -0.39 is 0 Å². The van der Waals surface area contributed by atoms with Crippen LogP contribution in [-0.2, 0) is 0 Å². The number of hydrogen-bond donors (Lipinski definition) is 1. The number of rotatable bonds is 4. The molecule has 0 radical (unpaired) electrons. The average Bonchev–Trinajstić information content (AvgIpc) is 2.77. The third kappa shape index (κ3) is 2.11. The summed E-state index contributed by atoms with van der Waals surface area (Å²) in [6.07, 6.45) is 0. The van der Waals surface area contributed by atoms with E-state index in [-0.39, 0.29) is 18.6 Å². The minimum absolute atomic E-state index is 0.0608. The van der Waals surface area contributed by atoms with E-state index in [1.54, 1.807) is 11.3 Å². The molecule has 2 unspecified atom stereocenters. The van der Waals surface area contributed by atoms with Gasteiger partial charge in [-0.3, -0.25) is 4.39 Å². The predicted octanol–water partition coefficient (Wildman–Crippen LogP) is 3.56. The maximum absolute atomic E-state index is 13.1. The molecule has 1 heterocycles. The summed E-state index contributed by atoms with van der Waals surface area (Å²) in [5, 5.41) is 6.40. The monoisotopic (exact) mass is 237 g/mol. The standard InChI is InChI=1S/C13H16FNS/c1-9(15-2)12(8-14)10-3-4-13-11(7-10)5-6-16-13/h3-7,9,12,15H,8H2,1-2H3. The van der Waals surface area contributed by atoms with Crippen LogP contribution in [0.2, 0.25) is 0 Å². The zero-order chi connectivity index (χ0) is 11.5. The van der Waals surface area contributed by atoms with E-state index in [0.717, 1.165) is 5.56 Å². The van der Waals surface area contributed by atoms with Gasteiger partial charge >= 0.3 is 0 Å². The molecule has 0 amide bonds.